The molecular formula is C39H38N4O7S. The first-order chi connectivity index (χ1) is 24.5. The van der Waals surface area contributed by atoms with E-state index in [4.69, 9.17) is 29.0 Å². The molecule has 1 atom stereocenters. The topological polar surface area (TPSA) is 123 Å². The Kier molecular flexibility index (Phi) is 10.1. The fourth-order valence-electron chi connectivity index (χ4n) is 5.95. The van der Waals surface area contributed by atoms with Crippen LogP contribution in [-0.2, 0) is 14.3 Å². The van der Waals surface area contributed by atoms with Crippen molar-refractivity contribution in [2.45, 2.75) is 53.7 Å². The van der Waals surface area contributed by atoms with E-state index in [1.807, 2.05) is 81.6 Å². The van der Waals surface area contributed by atoms with Crippen molar-refractivity contribution in [3.05, 3.63) is 121 Å². The van der Waals surface area contributed by atoms with Crippen LogP contribution in [0.3, 0.4) is 0 Å². The van der Waals surface area contributed by atoms with Gasteiger partial charge in [-0.1, -0.05) is 35.6 Å². The van der Waals surface area contributed by atoms with Crippen molar-refractivity contribution in [3.63, 3.8) is 0 Å². The molecule has 6 rings (SSSR count). The van der Waals surface area contributed by atoms with Crippen LogP contribution in [0.25, 0.3) is 23.0 Å². The van der Waals surface area contributed by atoms with E-state index in [-0.39, 0.29) is 35.3 Å². The molecule has 0 saturated carbocycles. The van der Waals surface area contributed by atoms with Crippen LogP contribution in [0.5, 0.6) is 17.2 Å². The van der Waals surface area contributed by atoms with E-state index >= 15 is 0 Å². The smallest absolute Gasteiger partial charge is 0.338 e. The number of thiazole rings is 1. The molecule has 0 aliphatic carbocycles. The van der Waals surface area contributed by atoms with Gasteiger partial charge in [0, 0.05) is 24.2 Å². The zero-order chi connectivity index (χ0) is 36.4. The summed E-state index contributed by atoms with van der Waals surface area (Å²) in [6, 6.07) is 19.7. The maximum absolute atomic E-state index is 14.5. The predicted molar refractivity (Wildman–Crippen MR) is 194 cm³/mol. The summed E-state index contributed by atoms with van der Waals surface area (Å²) in [6.07, 6.45) is 3.73. The average Bonchev–Trinajstić information content (AvgIpc) is 3.65. The first kappa shape index (κ1) is 35.1. The molecule has 11 nitrogen and oxygen atoms in total. The van der Waals surface area contributed by atoms with E-state index < -0.39 is 18.0 Å². The van der Waals surface area contributed by atoms with Crippen molar-refractivity contribution in [2.75, 3.05) is 13.7 Å². The molecule has 12 heteroatoms. The van der Waals surface area contributed by atoms with Crippen LogP contribution in [0.1, 0.15) is 57.4 Å². The van der Waals surface area contributed by atoms with Gasteiger partial charge < -0.3 is 18.9 Å². The Balaban J connectivity index is 1.55. The maximum atomic E-state index is 14.5. The van der Waals surface area contributed by atoms with Gasteiger partial charge in [0.05, 0.1) is 47.4 Å². The molecule has 3 aromatic carbocycles. The number of carbonyl (C=O) groups is 2. The molecule has 0 radical (unpaired) electrons. The number of aryl methyl sites for hydroxylation is 1. The van der Waals surface area contributed by atoms with Crippen LogP contribution in [0.2, 0.25) is 0 Å². The lowest BCUT2D eigenvalue weighted by molar-refractivity contribution is -0.139. The average molecular weight is 707 g/mol. The highest BCUT2D eigenvalue weighted by molar-refractivity contribution is 7.07. The Bertz CT molecular complexity index is 2350. The van der Waals surface area contributed by atoms with Gasteiger partial charge in [0.2, 0.25) is 0 Å². The zero-order valence-electron chi connectivity index (χ0n) is 29.4. The van der Waals surface area contributed by atoms with Crippen LogP contribution < -0.4 is 29.1 Å². The fraction of sp³-hybridized carbons (Fsp3) is 0.256. The lowest BCUT2D eigenvalue weighted by Crippen LogP contribution is -2.40. The molecular weight excluding hydrogens is 669 g/mol. The number of rotatable bonds is 10. The summed E-state index contributed by atoms with van der Waals surface area (Å²) in [4.78, 5) is 44.8. The Morgan fingerprint density at radius 1 is 1.00 bits per heavy atom. The standard InChI is InChI=1S/C39H38N4O7S/c1-8-48-38(46)34-24(5)40-39-43(36(34)27-15-17-31(50-25(6)44)32(19-27)47-7)37(45)33(51-39)20-28-21-42(29-12-10-9-11-13-29)41-35(28)26-14-16-30(23(4)18-26)49-22(2)3/h9-22,36H,8H2,1-7H3/b33-20-. The molecule has 0 N–H and O–H groups in total. The minimum absolute atomic E-state index is 0.0261. The van der Waals surface area contributed by atoms with E-state index in [0.717, 1.165) is 22.6 Å². The minimum atomic E-state index is -0.898. The van der Waals surface area contributed by atoms with E-state index in [1.54, 1.807) is 36.7 Å². The van der Waals surface area contributed by atoms with E-state index in [1.165, 1.54) is 29.9 Å². The largest absolute Gasteiger partial charge is 0.493 e. The van der Waals surface area contributed by atoms with Crippen LogP contribution in [-0.4, -0.2) is 46.1 Å². The maximum Gasteiger partial charge on any atom is 0.338 e. The number of methoxy groups -OCH3 is 1. The highest BCUT2D eigenvalue weighted by Gasteiger charge is 2.34. The highest BCUT2D eigenvalue weighted by atomic mass is 32.1. The van der Waals surface area contributed by atoms with Crippen LogP contribution in [0, 0.1) is 6.92 Å². The zero-order valence-corrected chi connectivity index (χ0v) is 30.2. The molecule has 1 unspecified atom stereocenters. The Morgan fingerprint density at radius 2 is 1.75 bits per heavy atom. The summed E-state index contributed by atoms with van der Waals surface area (Å²) in [5.74, 6) is 0.161. The molecule has 262 valence electrons. The fourth-order valence-corrected chi connectivity index (χ4v) is 6.99. The lowest BCUT2D eigenvalue weighted by Gasteiger charge is -2.25. The van der Waals surface area contributed by atoms with Crippen LogP contribution >= 0.6 is 11.3 Å². The SMILES string of the molecule is CCOC(=O)C1=C(C)N=c2s/c(=C\c3cn(-c4ccccc4)nc3-c3ccc(OC(C)C)c(C)c3)c(=O)n2C1c1ccc(OC(C)=O)c(OC)c1. The quantitative estimate of drug-likeness (QED) is 0.134. The van der Waals surface area contributed by atoms with Crippen molar-refractivity contribution >= 4 is 29.4 Å². The second-order valence-electron chi connectivity index (χ2n) is 12.2. The number of aromatic nitrogens is 3. The van der Waals surface area contributed by atoms with Gasteiger partial charge in [-0.05, 0) is 94.3 Å². The summed E-state index contributed by atoms with van der Waals surface area (Å²) < 4.78 is 26.0. The summed E-state index contributed by atoms with van der Waals surface area (Å²) in [5, 5.41) is 4.97. The Labute approximate surface area is 298 Å². The molecule has 51 heavy (non-hydrogen) atoms. The highest BCUT2D eigenvalue weighted by Crippen LogP contribution is 2.36. The Morgan fingerprint density at radius 3 is 2.41 bits per heavy atom. The predicted octanol–water partition coefficient (Wildman–Crippen LogP) is 5.68. The van der Waals surface area contributed by atoms with Crippen molar-refractivity contribution in [1.29, 1.82) is 0 Å². The molecule has 2 aromatic heterocycles. The monoisotopic (exact) mass is 706 g/mol. The number of hydrogen-bond acceptors (Lipinski definition) is 10. The first-order valence-electron chi connectivity index (χ1n) is 16.5. The third-order valence-electron chi connectivity index (χ3n) is 8.14. The van der Waals surface area contributed by atoms with Gasteiger partial charge >= 0.3 is 11.9 Å². The molecule has 0 amide bonds. The number of hydrogen-bond donors (Lipinski definition) is 0. The van der Waals surface area contributed by atoms with E-state index in [0.29, 0.717) is 31.9 Å². The van der Waals surface area contributed by atoms with Crippen molar-refractivity contribution in [3.8, 4) is 34.2 Å². The van der Waals surface area contributed by atoms with Gasteiger partial charge in [-0.3, -0.25) is 14.2 Å². The molecule has 3 heterocycles. The second kappa shape index (κ2) is 14.6. The number of ether oxygens (including phenoxy) is 4. The van der Waals surface area contributed by atoms with Gasteiger partial charge in [0.25, 0.3) is 5.56 Å². The number of para-hydroxylation sites is 1. The van der Waals surface area contributed by atoms with Crippen molar-refractivity contribution in [2.24, 2.45) is 4.99 Å². The van der Waals surface area contributed by atoms with E-state index in [2.05, 4.69) is 0 Å². The minimum Gasteiger partial charge on any atom is -0.493 e. The third kappa shape index (κ3) is 7.13. The van der Waals surface area contributed by atoms with Crippen molar-refractivity contribution < 1.29 is 28.5 Å². The Hall–Kier alpha value is -5.75. The third-order valence-corrected chi connectivity index (χ3v) is 9.12. The number of fused-ring (bicyclic) bond motifs is 1. The van der Waals surface area contributed by atoms with Gasteiger partial charge in [0.15, 0.2) is 16.3 Å². The van der Waals surface area contributed by atoms with E-state index in [9.17, 15) is 14.4 Å². The second-order valence-corrected chi connectivity index (χ2v) is 13.2. The number of nitrogens with zero attached hydrogens (tertiary/aromatic N) is 4. The summed E-state index contributed by atoms with van der Waals surface area (Å²) in [6.45, 7) is 10.8. The van der Waals surface area contributed by atoms with Gasteiger partial charge in [-0.2, -0.15) is 5.10 Å². The molecule has 1 aliphatic rings. The normalized spacial score (nSPS) is 14.3. The number of benzene rings is 3. The van der Waals surface area contributed by atoms with Crippen LogP contribution in [0.4, 0.5) is 0 Å². The molecule has 0 bridgehead atoms. The van der Waals surface area contributed by atoms with Gasteiger partial charge in [-0.25, -0.2) is 14.5 Å². The molecule has 0 spiro atoms. The van der Waals surface area contributed by atoms with Crippen LogP contribution in [0.15, 0.2) is 94.0 Å². The summed E-state index contributed by atoms with van der Waals surface area (Å²) in [5.41, 5.74) is 4.90. The molecule has 0 fully saturated rings. The number of allylic oxidation sites excluding steroid dienone is 1. The molecule has 0 saturated heterocycles. The van der Waals surface area contributed by atoms with Gasteiger partial charge in [-0.15, -0.1) is 0 Å². The molecule has 5 aromatic rings. The number of esters is 2. The summed E-state index contributed by atoms with van der Waals surface area (Å²) in [7, 11) is 1.45. The summed E-state index contributed by atoms with van der Waals surface area (Å²) >= 11 is 1.21. The number of carbonyl (C=O) groups excluding carboxylic acids is 2. The lowest BCUT2D eigenvalue weighted by atomic mass is 9.95. The van der Waals surface area contributed by atoms with Gasteiger partial charge in [0.1, 0.15) is 11.4 Å². The van der Waals surface area contributed by atoms with Crippen molar-refractivity contribution in [1.82, 2.24) is 14.3 Å². The molecule has 1 aliphatic heterocycles. The first-order valence-corrected chi connectivity index (χ1v) is 17.3.